The van der Waals surface area contributed by atoms with Crippen molar-refractivity contribution < 1.29 is 14.0 Å². The maximum Gasteiger partial charge on any atom is 0.229 e. The van der Waals surface area contributed by atoms with Crippen molar-refractivity contribution >= 4 is 41.2 Å². The molecule has 2 amide bonds. The number of hydrogen-bond acceptors (Lipinski definition) is 3. The van der Waals surface area contributed by atoms with Gasteiger partial charge in [-0.25, -0.2) is 4.39 Å². The van der Waals surface area contributed by atoms with Crippen molar-refractivity contribution in [2.45, 2.75) is 77.3 Å². The molecule has 0 aromatic heterocycles. The average Bonchev–Trinajstić information content (AvgIpc) is 3.24. The lowest BCUT2D eigenvalue weighted by molar-refractivity contribution is -0.120. The molecule has 0 spiro atoms. The zero-order chi connectivity index (χ0) is 27.0. The van der Waals surface area contributed by atoms with E-state index in [0.717, 1.165) is 12.8 Å². The molecular weight excluding hydrogens is 512 g/mol. The molecule has 3 unspecified atom stereocenters. The van der Waals surface area contributed by atoms with Gasteiger partial charge in [-0.2, -0.15) is 0 Å². The Bertz CT molecular complexity index is 1050. The van der Waals surface area contributed by atoms with Crippen LogP contribution in [0, 0.1) is 17.2 Å². The molecule has 2 aromatic carbocycles. The van der Waals surface area contributed by atoms with Crippen molar-refractivity contribution in [1.29, 1.82) is 0 Å². The summed E-state index contributed by atoms with van der Waals surface area (Å²) in [7, 11) is 0. The quantitative estimate of drug-likeness (QED) is 0.341. The third-order valence-corrected chi connectivity index (χ3v) is 7.51. The molecule has 2 aromatic rings. The first kappa shape index (κ1) is 29.4. The van der Waals surface area contributed by atoms with Crippen LogP contribution in [0.3, 0.4) is 0 Å². The minimum Gasteiger partial charge on any atom is -0.356 e. The fraction of sp³-hybridized carbons (Fsp3) is 0.517. The fourth-order valence-corrected chi connectivity index (χ4v) is 5.68. The van der Waals surface area contributed by atoms with Crippen LogP contribution in [0.2, 0.25) is 10.0 Å². The molecule has 37 heavy (non-hydrogen) atoms. The largest absolute Gasteiger partial charge is 0.356 e. The Balaban J connectivity index is 0.000000356. The fourth-order valence-electron chi connectivity index (χ4n) is 5.30. The van der Waals surface area contributed by atoms with Gasteiger partial charge >= 0.3 is 0 Å². The van der Waals surface area contributed by atoms with E-state index >= 15 is 0 Å². The van der Waals surface area contributed by atoms with Gasteiger partial charge in [0.15, 0.2) is 0 Å². The highest BCUT2D eigenvalue weighted by atomic mass is 35.5. The zero-order valence-electron chi connectivity index (χ0n) is 21.8. The monoisotopic (exact) mass is 549 g/mol. The Kier molecular flexibility index (Phi) is 10.8. The molecule has 1 saturated heterocycles. The Hall–Kier alpha value is -2.15. The second-order valence-corrected chi connectivity index (χ2v) is 12.0. The molecule has 1 saturated carbocycles. The number of rotatable bonds is 6. The van der Waals surface area contributed by atoms with E-state index in [2.05, 4.69) is 36.7 Å². The van der Waals surface area contributed by atoms with E-state index in [1.807, 2.05) is 0 Å². The van der Waals surface area contributed by atoms with Gasteiger partial charge in [0.05, 0.1) is 10.9 Å². The maximum atomic E-state index is 14.7. The third kappa shape index (κ3) is 8.69. The molecule has 3 atom stereocenters. The van der Waals surface area contributed by atoms with Gasteiger partial charge in [0.25, 0.3) is 0 Å². The number of anilines is 1. The maximum absolute atomic E-state index is 14.7. The number of hydrogen-bond donors (Lipinski definition) is 3. The molecule has 2 aliphatic rings. The highest BCUT2D eigenvalue weighted by Gasteiger charge is 2.44. The predicted octanol–water partition coefficient (Wildman–Crippen LogP) is 6.94. The summed E-state index contributed by atoms with van der Waals surface area (Å²) in [4.78, 5) is 23.2. The number of nitrogens with one attached hydrogen (secondary N) is 3. The Morgan fingerprint density at radius 3 is 2.46 bits per heavy atom. The lowest BCUT2D eigenvalue weighted by Gasteiger charge is -2.29. The van der Waals surface area contributed by atoms with Crippen LogP contribution in [0.1, 0.15) is 70.8 Å². The summed E-state index contributed by atoms with van der Waals surface area (Å²) in [5.41, 5.74) is 1.13. The first-order chi connectivity index (χ1) is 17.6. The van der Waals surface area contributed by atoms with Crippen LogP contribution in [0.5, 0.6) is 0 Å². The van der Waals surface area contributed by atoms with Crippen molar-refractivity contribution in [3.8, 4) is 0 Å². The number of amides is 2. The van der Waals surface area contributed by atoms with Crippen molar-refractivity contribution in [1.82, 2.24) is 10.6 Å². The summed E-state index contributed by atoms with van der Waals surface area (Å²) in [6, 6.07) is 12.4. The summed E-state index contributed by atoms with van der Waals surface area (Å²) in [5.74, 6) is -1.32. The molecule has 4 rings (SSSR count). The van der Waals surface area contributed by atoms with Crippen LogP contribution in [0.15, 0.2) is 42.5 Å². The summed E-state index contributed by atoms with van der Waals surface area (Å²) in [5, 5.41) is 9.82. The van der Waals surface area contributed by atoms with Gasteiger partial charge in [0.2, 0.25) is 12.3 Å². The smallest absolute Gasteiger partial charge is 0.229 e. The van der Waals surface area contributed by atoms with E-state index in [9.17, 15) is 14.0 Å². The van der Waals surface area contributed by atoms with E-state index in [1.165, 1.54) is 38.2 Å². The first-order valence-corrected chi connectivity index (χ1v) is 13.8. The van der Waals surface area contributed by atoms with Crippen LogP contribution >= 0.6 is 23.2 Å². The highest BCUT2D eigenvalue weighted by Crippen LogP contribution is 2.39. The van der Waals surface area contributed by atoms with Crippen LogP contribution in [0.4, 0.5) is 10.1 Å². The zero-order valence-corrected chi connectivity index (χ0v) is 23.3. The van der Waals surface area contributed by atoms with Crippen molar-refractivity contribution in [2.24, 2.45) is 11.3 Å². The van der Waals surface area contributed by atoms with Gasteiger partial charge < -0.3 is 16.0 Å². The Morgan fingerprint density at radius 2 is 1.81 bits per heavy atom. The highest BCUT2D eigenvalue weighted by molar-refractivity contribution is 6.31. The Morgan fingerprint density at radius 1 is 1.11 bits per heavy atom. The summed E-state index contributed by atoms with van der Waals surface area (Å²) < 4.78 is 14.7. The van der Waals surface area contributed by atoms with Crippen LogP contribution < -0.4 is 16.0 Å². The molecule has 1 aliphatic heterocycles. The minimum atomic E-state index is -0.451. The lowest BCUT2D eigenvalue weighted by atomic mass is 9.78. The second-order valence-electron chi connectivity index (χ2n) is 11.2. The van der Waals surface area contributed by atoms with E-state index in [0.29, 0.717) is 28.9 Å². The summed E-state index contributed by atoms with van der Waals surface area (Å²) in [6.45, 7) is 6.92. The van der Waals surface area contributed by atoms with Gasteiger partial charge in [-0.15, -0.1) is 0 Å². The van der Waals surface area contributed by atoms with Crippen LogP contribution in [0.25, 0.3) is 0 Å². The van der Waals surface area contributed by atoms with Crippen molar-refractivity contribution in [3.05, 3.63) is 63.9 Å². The molecule has 0 radical (unpaired) electrons. The van der Waals surface area contributed by atoms with Crippen LogP contribution in [-0.2, 0) is 9.59 Å². The van der Waals surface area contributed by atoms with Gasteiger partial charge in [0, 0.05) is 35.3 Å². The average molecular weight is 551 g/mol. The molecule has 2 fully saturated rings. The molecular formula is C29H38Cl2FN3O2. The van der Waals surface area contributed by atoms with E-state index < -0.39 is 11.7 Å². The summed E-state index contributed by atoms with van der Waals surface area (Å²) >= 11 is 12.0. The van der Waals surface area contributed by atoms with E-state index in [-0.39, 0.29) is 28.3 Å². The molecule has 202 valence electrons. The number of carbonyl (C=O) groups is 2. The van der Waals surface area contributed by atoms with E-state index in [4.69, 9.17) is 23.2 Å². The number of benzene rings is 2. The SMILES string of the molecule is CC(C)(C)CC1NCC(c2cccc(Cl)c2F)C1C(=O)Nc1cccc(Cl)c1.O=CNC1CCCCC1. The molecule has 1 aliphatic carbocycles. The minimum absolute atomic E-state index is 0.0218. The van der Waals surface area contributed by atoms with Crippen molar-refractivity contribution in [2.75, 3.05) is 11.9 Å². The van der Waals surface area contributed by atoms with E-state index in [1.54, 1.807) is 36.4 Å². The molecule has 8 heteroatoms. The first-order valence-electron chi connectivity index (χ1n) is 13.0. The number of carbonyl (C=O) groups excluding carboxylic acids is 2. The Labute approximate surface area is 229 Å². The molecule has 3 N–H and O–H groups in total. The van der Waals surface area contributed by atoms with Gasteiger partial charge in [0.1, 0.15) is 5.82 Å². The molecule has 5 nitrogen and oxygen atoms in total. The van der Waals surface area contributed by atoms with Crippen LogP contribution in [-0.4, -0.2) is 30.9 Å². The number of halogens is 3. The molecule has 0 bridgehead atoms. The third-order valence-electron chi connectivity index (χ3n) is 6.98. The molecule has 1 heterocycles. The normalized spacial score (nSPS) is 22.1. The second kappa shape index (κ2) is 13.6. The summed E-state index contributed by atoms with van der Waals surface area (Å²) in [6.07, 6.45) is 7.88. The standard InChI is InChI=1S/C22H25Cl2FN2O.C7H13NO/c1-22(2,3)11-18-19(21(28)27-14-7-4-6-13(23)10-14)16(12-26-18)15-8-5-9-17(24)20(15)25;9-6-8-7-4-2-1-3-5-7/h4-10,16,18-19,26H,11-12H2,1-3H3,(H,27,28);6-7H,1-5H2,(H,8,9). The van der Waals surface area contributed by atoms with Crippen molar-refractivity contribution in [3.63, 3.8) is 0 Å². The lowest BCUT2D eigenvalue weighted by Crippen LogP contribution is -2.38. The van der Waals surface area contributed by atoms with Gasteiger partial charge in [-0.1, -0.05) is 81.4 Å². The predicted molar refractivity (Wildman–Crippen MR) is 150 cm³/mol. The van der Waals surface area contributed by atoms with Gasteiger partial charge in [-0.3, -0.25) is 9.59 Å². The van der Waals surface area contributed by atoms with Gasteiger partial charge in [-0.05, 0) is 54.5 Å². The topological polar surface area (TPSA) is 70.2 Å².